The van der Waals surface area contributed by atoms with Gasteiger partial charge >= 0.3 is 0 Å². The van der Waals surface area contributed by atoms with Gasteiger partial charge < -0.3 is 5.32 Å². The summed E-state index contributed by atoms with van der Waals surface area (Å²) in [6.07, 6.45) is 7.02. The minimum absolute atomic E-state index is 0.762. The van der Waals surface area contributed by atoms with Gasteiger partial charge in [0.1, 0.15) is 0 Å². The quantitative estimate of drug-likeness (QED) is 0.706. The molecule has 1 N–H and O–H groups in total. The molecule has 1 rings (SSSR count). The molecule has 0 aliphatic carbocycles. The first kappa shape index (κ1) is 11.0. The van der Waals surface area contributed by atoms with Crippen molar-refractivity contribution in [3.63, 3.8) is 0 Å². The lowest BCUT2D eigenvalue weighted by Gasteiger charge is -2.29. The predicted octanol–water partition coefficient (Wildman–Crippen LogP) is 3.20. The first-order valence-corrected chi connectivity index (χ1v) is 5.95. The Morgan fingerprint density at radius 3 is 2.69 bits per heavy atom. The highest BCUT2D eigenvalue weighted by molar-refractivity contribution is 4.75. The third kappa shape index (κ3) is 4.12. The zero-order valence-electron chi connectivity index (χ0n) is 9.47. The largest absolute Gasteiger partial charge is 0.314 e. The van der Waals surface area contributed by atoms with Crippen LogP contribution in [0.5, 0.6) is 0 Å². The number of piperidine rings is 1. The van der Waals surface area contributed by atoms with Gasteiger partial charge in [-0.05, 0) is 44.6 Å². The molecule has 0 aromatic rings. The second-order valence-electron chi connectivity index (χ2n) is 4.88. The van der Waals surface area contributed by atoms with E-state index in [4.69, 9.17) is 0 Å². The highest BCUT2D eigenvalue weighted by Crippen LogP contribution is 2.23. The summed E-state index contributed by atoms with van der Waals surface area (Å²) >= 11 is 0. The molecule has 1 aliphatic heterocycles. The Bertz CT molecular complexity index is 125. The van der Waals surface area contributed by atoms with E-state index >= 15 is 0 Å². The number of hydrogen-bond donors (Lipinski definition) is 1. The van der Waals surface area contributed by atoms with E-state index in [1.54, 1.807) is 0 Å². The maximum atomic E-state index is 3.58. The van der Waals surface area contributed by atoms with Gasteiger partial charge in [0.15, 0.2) is 0 Å². The Morgan fingerprint density at radius 1 is 1.38 bits per heavy atom. The van der Waals surface area contributed by atoms with Gasteiger partial charge in [0.25, 0.3) is 0 Å². The SMILES string of the molecule is CCCC(C)CC1CCC(C)NC1. The summed E-state index contributed by atoms with van der Waals surface area (Å²) in [5, 5.41) is 3.58. The van der Waals surface area contributed by atoms with Crippen molar-refractivity contribution in [2.75, 3.05) is 6.54 Å². The predicted molar refractivity (Wildman–Crippen MR) is 58.9 cm³/mol. The molecular weight excluding hydrogens is 158 g/mol. The second-order valence-corrected chi connectivity index (χ2v) is 4.88. The average molecular weight is 183 g/mol. The third-order valence-corrected chi connectivity index (χ3v) is 3.28. The summed E-state index contributed by atoms with van der Waals surface area (Å²) in [4.78, 5) is 0. The number of hydrogen-bond acceptors (Lipinski definition) is 1. The summed E-state index contributed by atoms with van der Waals surface area (Å²) in [7, 11) is 0. The Hall–Kier alpha value is -0.0400. The first-order chi connectivity index (χ1) is 6.22. The van der Waals surface area contributed by atoms with E-state index in [1.807, 2.05) is 0 Å². The van der Waals surface area contributed by atoms with Crippen LogP contribution in [-0.4, -0.2) is 12.6 Å². The summed E-state index contributed by atoms with van der Waals surface area (Å²) in [6, 6.07) is 0.762. The van der Waals surface area contributed by atoms with Crippen LogP contribution in [0, 0.1) is 11.8 Å². The Kier molecular flexibility index (Phi) is 4.79. The molecule has 13 heavy (non-hydrogen) atoms. The van der Waals surface area contributed by atoms with E-state index in [0.29, 0.717) is 0 Å². The molecule has 3 unspecified atom stereocenters. The monoisotopic (exact) mass is 183 g/mol. The van der Waals surface area contributed by atoms with Crippen LogP contribution in [0.1, 0.15) is 52.9 Å². The molecule has 1 heterocycles. The molecule has 0 radical (unpaired) electrons. The molecule has 78 valence electrons. The molecule has 0 aromatic carbocycles. The van der Waals surface area contributed by atoms with Crippen LogP contribution in [0.2, 0.25) is 0 Å². The van der Waals surface area contributed by atoms with Crippen molar-refractivity contribution >= 4 is 0 Å². The van der Waals surface area contributed by atoms with Gasteiger partial charge in [-0.2, -0.15) is 0 Å². The van der Waals surface area contributed by atoms with E-state index in [0.717, 1.165) is 17.9 Å². The molecule has 1 fully saturated rings. The normalized spacial score (nSPS) is 31.6. The minimum atomic E-state index is 0.762. The highest BCUT2D eigenvalue weighted by atomic mass is 14.9. The summed E-state index contributed by atoms with van der Waals surface area (Å²) in [6.45, 7) is 8.25. The highest BCUT2D eigenvalue weighted by Gasteiger charge is 2.18. The lowest BCUT2D eigenvalue weighted by atomic mass is 9.86. The molecule has 1 heteroatoms. The van der Waals surface area contributed by atoms with Crippen molar-refractivity contribution in [1.29, 1.82) is 0 Å². The molecule has 0 amide bonds. The van der Waals surface area contributed by atoms with E-state index in [1.165, 1.54) is 38.6 Å². The fourth-order valence-electron chi connectivity index (χ4n) is 2.44. The van der Waals surface area contributed by atoms with Crippen molar-refractivity contribution in [3.05, 3.63) is 0 Å². The van der Waals surface area contributed by atoms with Crippen LogP contribution in [0.15, 0.2) is 0 Å². The summed E-state index contributed by atoms with van der Waals surface area (Å²) in [5.41, 5.74) is 0. The van der Waals surface area contributed by atoms with Gasteiger partial charge in [-0.25, -0.2) is 0 Å². The standard InChI is InChI=1S/C12H25N/c1-4-5-10(2)8-12-7-6-11(3)13-9-12/h10-13H,4-9H2,1-3H3. The maximum Gasteiger partial charge on any atom is 0.00389 e. The van der Waals surface area contributed by atoms with Crippen molar-refractivity contribution in [1.82, 2.24) is 5.32 Å². The van der Waals surface area contributed by atoms with E-state index in [-0.39, 0.29) is 0 Å². The van der Waals surface area contributed by atoms with Crippen LogP contribution in [0.4, 0.5) is 0 Å². The van der Waals surface area contributed by atoms with Crippen molar-refractivity contribution in [3.8, 4) is 0 Å². The molecule has 1 saturated heterocycles. The fraction of sp³-hybridized carbons (Fsp3) is 1.00. The van der Waals surface area contributed by atoms with E-state index in [9.17, 15) is 0 Å². The van der Waals surface area contributed by atoms with Crippen LogP contribution in [0.25, 0.3) is 0 Å². The van der Waals surface area contributed by atoms with Crippen LogP contribution in [-0.2, 0) is 0 Å². The van der Waals surface area contributed by atoms with Gasteiger partial charge in [-0.3, -0.25) is 0 Å². The van der Waals surface area contributed by atoms with E-state index in [2.05, 4.69) is 26.1 Å². The summed E-state index contributed by atoms with van der Waals surface area (Å²) in [5.74, 6) is 1.89. The van der Waals surface area contributed by atoms with Gasteiger partial charge in [0, 0.05) is 6.04 Å². The van der Waals surface area contributed by atoms with Gasteiger partial charge in [-0.15, -0.1) is 0 Å². The third-order valence-electron chi connectivity index (χ3n) is 3.28. The molecule has 0 aromatic heterocycles. The lowest BCUT2D eigenvalue weighted by Crippen LogP contribution is -2.37. The van der Waals surface area contributed by atoms with Gasteiger partial charge in [-0.1, -0.05) is 26.7 Å². The van der Waals surface area contributed by atoms with Gasteiger partial charge in [0.2, 0.25) is 0 Å². The van der Waals surface area contributed by atoms with Crippen molar-refractivity contribution in [2.45, 2.75) is 58.9 Å². The lowest BCUT2D eigenvalue weighted by molar-refractivity contribution is 0.272. The van der Waals surface area contributed by atoms with Crippen LogP contribution >= 0.6 is 0 Å². The van der Waals surface area contributed by atoms with Gasteiger partial charge in [0.05, 0.1) is 0 Å². The molecule has 0 saturated carbocycles. The minimum Gasteiger partial charge on any atom is -0.314 e. The smallest absolute Gasteiger partial charge is 0.00389 e. The van der Waals surface area contributed by atoms with Crippen LogP contribution < -0.4 is 5.32 Å². The first-order valence-electron chi connectivity index (χ1n) is 5.95. The van der Waals surface area contributed by atoms with Crippen molar-refractivity contribution in [2.24, 2.45) is 11.8 Å². The molecule has 1 aliphatic rings. The Labute approximate surface area is 83.3 Å². The molecule has 1 nitrogen and oxygen atoms in total. The topological polar surface area (TPSA) is 12.0 Å². The van der Waals surface area contributed by atoms with E-state index < -0.39 is 0 Å². The molecule has 3 atom stereocenters. The molecule has 0 spiro atoms. The Balaban J connectivity index is 2.14. The van der Waals surface area contributed by atoms with Crippen molar-refractivity contribution < 1.29 is 0 Å². The molecular formula is C12H25N. The zero-order valence-corrected chi connectivity index (χ0v) is 9.47. The Morgan fingerprint density at radius 2 is 2.15 bits per heavy atom. The molecule has 0 bridgehead atoms. The average Bonchev–Trinajstić information content (AvgIpc) is 2.09. The maximum absolute atomic E-state index is 3.58. The fourth-order valence-corrected chi connectivity index (χ4v) is 2.44. The summed E-state index contributed by atoms with van der Waals surface area (Å²) < 4.78 is 0. The van der Waals surface area contributed by atoms with Crippen LogP contribution in [0.3, 0.4) is 0 Å². The second kappa shape index (κ2) is 5.64. The number of rotatable bonds is 4. The zero-order chi connectivity index (χ0) is 9.68. The number of nitrogens with one attached hydrogen (secondary N) is 1.